The van der Waals surface area contributed by atoms with Gasteiger partial charge in [0.2, 0.25) is 11.7 Å². The molecular formula is C15H18N6O2. The molecule has 0 bridgehead atoms. The van der Waals surface area contributed by atoms with E-state index in [0.717, 1.165) is 0 Å². The van der Waals surface area contributed by atoms with Gasteiger partial charge in [0.15, 0.2) is 5.65 Å². The van der Waals surface area contributed by atoms with E-state index in [9.17, 15) is 4.79 Å². The molecule has 0 aliphatic heterocycles. The molecule has 0 spiro atoms. The van der Waals surface area contributed by atoms with Crippen LogP contribution in [0.5, 0.6) is 0 Å². The quantitative estimate of drug-likeness (QED) is 0.788. The maximum atomic E-state index is 11.5. The molecular weight excluding hydrogens is 296 g/mol. The summed E-state index contributed by atoms with van der Waals surface area (Å²) in [4.78, 5) is 20.2. The SMILES string of the molecule is CC(=O)NC(C)(c1nc(-c2ccnc3ccnn23)no1)C(C)C. The monoisotopic (exact) mass is 314 g/mol. The number of carbonyl (C=O) groups excluding carboxylic acids is 1. The third-order valence-corrected chi connectivity index (χ3v) is 3.98. The van der Waals surface area contributed by atoms with Crippen molar-refractivity contribution in [3.05, 3.63) is 30.4 Å². The van der Waals surface area contributed by atoms with Crippen LogP contribution in [0.4, 0.5) is 0 Å². The minimum absolute atomic E-state index is 0.0712. The number of nitrogens with one attached hydrogen (secondary N) is 1. The van der Waals surface area contributed by atoms with Gasteiger partial charge in [-0.3, -0.25) is 4.79 Å². The Morgan fingerprint density at radius 2 is 2.13 bits per heavy atom. The van der Waals surface area contributed by atoms with Crippen LogP contribution in [-0.4, -0.2) is 30.6 Å². The Morgan fingerprint density at radius 3 is 2.83 bits per heavy atom. The Hall–Kier alpha value is -2.77. The predicted molar refractivity (Wildman–Crippen MR) is 82.3 cm³/mol. The van der Waals surface area contributed by atoms with Crippen LogP contribution >= 0.6 is 0 Å². The van der Waals surface area contributed by atoms with Gasteiger partial charge < -0.3 is 9.84 Å². The van der Waals surface area contributed by atoms with Crippen molar-refractivity contribution in [3.8, 4) is 11.5 Å². The minimum Gasteiger partial charge on any atom is -0.342 e. The van der Waals surface area contributed by atoms with Crippen LogP contribution in [0.1, 0.15) is 33.6 Å². The van der Waals surface area contributed by atoms with Crippen LogP contribution in [0.2, 0.25) is 0 Å². The topological polar surface area (TPSA) is 98.2 Å². The number of rotatable bonds is 4. The molecule has 0 fully saturated rings. The lowest BCUT2D eigenvalue weighted by Gasteiger charge is -2.30. The van der Waals surface area contributed by atoms with E-state index in [-0.39, 0.29) is 11.8 Å². The molecule has 0 aliphatic rings. The zero-order chi connectivity index (χ0) is 16.6. The third kappa shape index (κ3) is 2.56. The van der Waals surface area contributed by atoms with E-state index in [1.165, 1.54) is 6.92 Å². The number of fused-ring (bicyclic) bond motifs is 1. The lowest BCUT2D eigenvalue weighted by molar-refractivity contribution is -0.121. The number of amides is 1. The lowest BCUT2D eigenvalue weighted by atomic mass is 9.88. The second kappa shape index (κ2) is 5.45. The highest BCUT2D eigenvalue weighted by atomic mass is 16.5. The summed E-state index contributed by atoms with van der Waals surface area (Å²) < 4.78 is 7.07. The first-order chi connectivity index (χ1) is 10.9. The fourth-order valence-corrected chi connectivity index (χ4v) is 2.35. The number of hydrogen-bond donors (Lipinski definition) is 1. The van der Waals surface area contributed by atoms with Gasteiger partial charge in [0.25, 0.3) is 5.89 Å². The average molecular weight is 314 g/mol. The zero-order valence-electron chi connectivity index (χ0n) is 13.4. The second-order valence-electron chi connectivity index (χ2n) is 5.89. The molecule has 0 radical (unpaired) electrons. The summed E-state index contributed by atoms with van der Waals surface area (Å²) in [5, 5.41) is 11.2. The fourth-order valence-electron chi connectivity index (χ4n) is 2.35. The van der Waals surface area contributed by atoms with Gasteiger partial charge in [-0.2, -0.15) is 10.1 Å². The Balaban J connectivity index is 2.06. The summed E-state index contributed by atoms with van der Waals surface area (Å²) >= 11 is 0. The van der Waals surface area contributed by atoms with Crippen LogP contribution in [0, 0.1) is 5.92 Å². The Morgan fingerprint density at radius 1 is 1.35 bits per heavy atom. The van der Waals surface area contributed by atoms with Crippen molar-refractivity contribution in [3.63, 3.8) is 0 Å². The van der Waals surface area contributed by atoms with Crippen molar-refractivity contribution in [2.24, 2.45) is 5.92 Å². The molecule has 3 aromatic rings. The van der Waals surface area contributed by atoms with Crippen molar-refractivity contribution < 1.29 is 9.32 Å². The van der Waals surface area contributed by atoms with Crippen molar-refractivity contribution >= 4 is 11.6 Å². The van der Waals surface area contributed by atoms with Crippen molar-refractivity contribution in [2.75, 3.05) is 0 Å². The zero-order valence-corrected chi connectivity index (χ0v) is 13.4. The Labute approximate surface area is 132 Å². The van der Waals surface area contributed by atoms with Gasteiger partial charge in [0.05, 0.1) is 6.20 Å². The normalized spacial score (nSPS) is 14.1. The first-order valence-corrected chi connectivity index (χ1v) is 7.34. The van der Waals surface area contributed by atoms with Gasteiger partial charge in [-0.25, -0.2) is 9.50 Å². The van der Waals surface area contributed by atoms with E-state index in [4.69, 9.17) is 4.52 Å². The van der Waals surface area contributed by atoms with Gasteiger partial charge in [0, 0.05) is 19.2 Å². The third-order valence-electron chi connectivity index (χ3n) is 3.98. The van der Waals surface area contributed by atoms with Crippen LogP contribution in [-0.2, 0) is 10.3 Å². The molecule has 120 valence electrons. The van der Waals surface area contributed by atoms with Crippen LogP contribution in [0.15, 0.2) is 29.0 Å². The molecule has 0 aliphatic carbocycles. The van der Waals surface area contributed by atoms with Gasteiger partial charge in [-0.15, -0.1) is 0 Å². The molecule has 3 rings (SSSR count). The van der Waals surface area contributed by atoms with Gasteiger partial charge in [-0.05, 0) is 18.9 Å². The number of aromatic nitrogens is 5. The standard InChI is InChI=1S/C15H18N6O2/c1-9(2)15(4,19-10(3)22)14-18-13(20-23-14)11-5-7-16-12-6-8-17-21(11)12/h5-9H,1-4H3,(H,19,22). The number of carbonyl (C=O) groups is 1. The Kier molecular flexibility index (Phi) is 3.59. The molecule has 0 saturated heterocycles. The van der Waals surface area contributed by atoms with Crippen molar-refractivity contribution in [2.45, 2.75) is 33.2 Å². The van der Waals surface area contributed by atoms with Crippen LogP contribution in [0.3, 0.4) is 0 Å². The summed E-state index contributed by atoms with van der Waals surface area (Å²) in [6.45, 7) is 7.30. The van der Waals surface area contributed by atoms with E-state index < -0.39 is 5.54 Å². The summed E-state index contributed by atoms with van der Waals surface area (Å²) in [5.74, 6) is 0.671. The molecule has 1 amide bonds. The summed E-state index contributed by atoms with van der Waals surface area (Å²) in [7, 11) is 0. The van der Waals surface area contributed by atoms with E-state index in [0.29, 0.717) is 23.1 Å². The molecule has 3 heterocycles. The molecule has 8 heteroatoms. The van der Waals surface area contributed by atoms with Crippen molar-refractivity contribution in [1.82, 2.24) is 30.1 Å². The van der Waals surface area contributed by atoms with Gasteiger partial charge >= 0.3 is 0 Å². The van der Waals surface area contributed by atoms with E-state index >= 15 is 0 Å². The highest BCUT2D eigenvalue weighted by molar-refractivity contribution is 5.74. The van der Waals surface area contributed by atoms with Crippen molar-refractivity contribution in [1.29, 1.82) is 0 Å². The molecule has 8 nitrogen and oxygen atoms in total. The highest BCUT2D eigenvalue weighted by Crippen LogP contribution is 2.29. The van der Waals surface area contributed by atoms with Crippen LogP contribution < -0.4 is 5.32 Å². The second-order valence-corrected chi connectivity index (χ2v) is 5.89. The van der Waals surface area contributed by atoms with E-state index in [2.05, 4.69) is 25.5 Å². The highest BCUT2D eigenvalue weighted by Gasteiger charge is 2.37. The maximum absolute atomic E-state index is 11.5. The first-order valence-electron chi connectivity index (χ1n) is 7.34. The minimum atomic E-state index is -0.743. The summed E-state index contributed by atoms with van der Waals surface area (Å²) in [6.07, 6.45) is 3.32. The Bertz CT molecular complexity index is 852. The number of nitrogens with zero attached hydrogens (tertiary/aromatic N) is 5. The number of hydrogen-bond acceptors (Lipinski definition) is 6. The summed E-state index contributed by atoms with van der Waals surface area (Å²) in [5.41, 5.74) is 0.624. The fraction of sp³-hybridized carbons (Fsp3) is 0.400. The predicted octanol–water partition coefficient (Wildman–Crippen LogP) is 1.79. The molecule has 0 saturated carbocycles. The summed E-state index contributed by atoms with van der Waals surface area (Å²) in [6, 6.07) is 3.56. The molecule has 1 N–H and O–H groups in total. The molecule has 3 aromatic heterocycles. The van der Waals surface area contributed by atoms with E-state index in [1.807, 2.05) is 20.8 Å². The van der Waals surface area contributed by atoms with E-state index in [1.54, 1.807) is 29.0 Å². The smallest absolute Gasteiger partial charge is 0.252 e. The molecule has 1 atom stereocenters. The maximum Gasteiger partial charge on any atom is 0.252 e. The molecule has 1 unspecified atom stereocenters. The molecule has 0 aromatic carbocycles. The van der Waals surface area contributed by atoms with Crippen LogP contribution in [0.25, 0.3) is 17.2 Å². The average Bonchev–Trinajstić information content (AvgIpc) is 3.15. The lowest BCUT2D eigenvalue weighted by Crippen LogP contribution is -2.46. The molecule has 23 heavy (non-hydrogen) atoms. The van der Waals surface area contributed by atoms with Gasteiger partial charge in [0.1, 0.15) is 11.2 Å². The first kappa shape index (κ1) is 15.1. The largest absolute Gasteiger partial charge is 0.342 e. The van der Waals surface area contributed by atoms with Gasteiger partial charge in [-0.1, -0.05) is 19.0 Å².